The van der Waals surface area contributed by atoms with Crippen LogP contribution in [0.2, 0.25) is 5.02 Å². The van der Waals surface area contributed by atoms with Crippen LogP contribution in [0.1, 0.15) is 37.5 Å². The fourth-order valence-electron chi connectivity index (χ4n) is 2.70. The Morgan fingerprint density at radius 1 is 1.24 bits per heavy atom. The maximum Gasteiger partial charge on any atom is 0.148 e. The van der Waals surface area contributed by atoms with Gasteiger partial charge in [0.2, 0.25) is 0 Å². The van der Waals surface area contributed by atoms with E-state index < -0.39 is 0 Å². The topological polar surface area (TPSA) is 74.2 Å². The highest BCUT2D eigenvalue weighted by molar-refractivity contribution is 6.32. The number of benzene rings is 2. The van der Waals surface area contributed by atoms with E-state index in [1.807, 2.05) is 11.9 Å². The van der Waals surface area contributed by atoms with Gasteiger partial charge in [-0.3, -0.25) is 0 Å². The molecule has 0 aliphatic rings. The number of aliphatic imine (C=N–C) groups is 2. The number of aromatic hydroxyl groups is 1. The molecule has 0 amide bonds. The summed E-state index contributed by atoms with van der Waals surface area (Å²) < 4.78 is 0. The van der Waals surface area contributed by atoms with Crippen molar-refractivity contribution in [3.8, 4) is 5.75 Å². The number of nitrogens with zero attached hydrogens (tertiary/aromatic N) is 3. The zero-order chi connectivity index (χ0) is 21.8. The molecule has 0 bridgehead atoms. The van der Waals surface area contributed by atoms with E-state index >= 15 is 0 Å². The Kier molecular flexibility index (Phi) is 7.09. The smallest absolute Gasteiger partial charge is 0.148 e. The van der Waals surface area contributed by atoms with Crippen molar-refractivity contribution in [1.29, 1.82) is 0 Å². The lowest BCUT2D eigenvalue weighted by atomic mass is 9.87. The summed E-state index contributed by atoms with van der Waals surface area (Å²) >= 11 is 5.96. The van der Waals surface area contributed by atoms with Crippen LogP contribution in [0.3, 0.4) is 0 Å². The van der Waals surface area contributed by atoms with Gasteiger partial charge >= 0.3 is 0 Å². The second-order valence-corrected chi connectivity index (χ2v) is 8.51. The summed E-state index contributed by atoms with van der Waals surface area (Å²) in [4.78, 5) is 10.3. The van der Waals surface area contributed by atoms with Gasteiger partial charge in [0.1, 0.15) is 17.9 Å². The maximum absolute atomic E-state index is 9.71. The number of amidine groups is 1. The van der Waals surface area contributed by atoms with Gasteiger partial charge in [-0.25, -0.2) is 9.98 Å². The Morgan fingerprint density at radius 3 is 2.41 bits per heavy atom. The third-order valence-electron chi connectivity index (χ3n) is 4.64. The first-order chi connectivity index (χ1) is 13.5. The van der Waals surface area contributed by atoms with Gasteiger partial charge in [-0.15, -0.1) is 0 Å². The van der Waals surface area contributed by atoms with Crippen molar-refractivity contribution in [2.45, 2.75) is 39.7 Å². The second-order valence-electron chi connectivity index (χ2n) is 8.10. The Bertz CT molecular complexity index is 917. The summed E-state index contributed by atoms with van der Waals surface area (Å²) in [7, 11) is 1.92. The molecule has 5 nitrogen and oxygen atoms in total. The standard InChI is InChI=1S/C23H29ClN4O/c1-15-11-19(12-20(24)21(15)29)26-14-27-22(25)16(2)28(6)13-17-7-9-18(10-8-17)23(3,4)5/h7-12,14,29H,2,13H2,1,3-6H3,(H2,25,26,27). The molecule has 0 saturated carbocycles. The molecular weight excluding hydrogens is 384 g/mol. The van der Waals surface area contributed by atoms with E-state index in [0.717, 1.165) is 5.56 Å². The first kappa shape index (κ1) is 22.5. The zero-order valence-corrected chi connectivity index (χ0v) is 18.5. The minimum absolute atomic E-state index is 0.0548. The quantitative estimate of drug-likeness (QED) is 0.498. The molecule has 2 aromatic carbocycles. The normalized spacial score (nSPS) is 12.4. The lowest BCUT2D eigenvalue weighted by molar-refractivity contribution is 0.432. The lowest BCUT2D eigenvalue weighted by Crippen LogP contribution is -2.27. The van der Waals surface area contributed by atoms with Crippen LogP contribution >= 0.6 is 11.6 Å². The number of halogens is 1. The van der Waals surface area contributed by atoms with Crippen molar-refractivity contribution >= 4 is 29.5 Å². The fraction of sp³-hybridized carbons (Fsp3) is 0.304. The highest BCUT2D eigenvalue weighted by Gasteiger charge is 2.13. The van der Waals surface area contributed by atoms with E-state index in [1.165, 1.54) is 11.9 Å². The number of hydrogen-bond acceptors (Lipinski definition) is 3. The summed E-state index contributed by atoms with van der Waals surface area (Å²) in [5, 5.41) is 9.95. The summed E-state index contributed by atoms with van der Waals surface area (Å²) in [6.07, 6.45) is 1.36. The van der Waals surface area contributed by atoms with Crippen molar-refractivity contribution in [3.05, 3.63) is 70.4 Å². The molecule has 2 rings (SSSR count). The van der Waals surface area contributed by atoms with E-state index in [0.29, 0.717) is 23.5 Å². The minimum atomic E-state index is 0.0548. The largest absolute Gasteiger partial charge is 0.506 e. The predicted molar refractivity (Wildman–Crippen MR) is 123 cm³/mol. The maximum atomic E-state index is 9.71. The first-order valence-electron chi connectivity index (χ1n) is 9.34. The van der Waals surface area contributed by atoms with E-state index in [9.17, 15) is 5.11 Å². The highest BCUT2D eigenvalue weighted by Crippen LogP contribution is 2.31. The van der Waals surface area contributed by atoms with E-state index in [4.69, 9.17) is 17.3 Å². The van der Waals surface area contributed by atoms with Crippen molar-refractivity contribution in [1.82, 2.24) is 4.90 Å². The second kappa shape index (κ2) is 9.14. The van der Waals surface area contributed by atoms with Gasteiger partial charge in [0.05, 0.1) is 16.4 Å². The van der Waals surface area contributed by atoms with Crippen LogP contribution in [-0.4, -0.2) is 29.2 Å². The lowest BCUT2D eigenvalue weighted by Gasteiger charge is -2.22. The van der Waals surface area contributed by atoms with Gasteiger partial charge in [-0.2, -0.15) is 0 Å². The molecular formula is C23H29ClN4O. The zero-order valence-electron chi connectivity index (χ0n) is 17.7. The van der Waals surface area contributed by atoms with Gasteiger partial charge in [0.15, 0.2) is 0 Å². The van der Waals surface area contributed by atoms with Crippen molar-refractivity contribution in [3.63, 3.8) is 0 Å². The highest BCUT2D eigenvalue weighted by atomic mass is 35.5. The van der Waals surface area contributed by atoms with Crippen LogP contribution in [0.4, 0.5) is 5.69 Å². The molecule has 3 N–H and O–H groups in total. The predicted octanol–water partition coefficient (Wildman–Crippen LogP) is 5.31. The van der Waals surface area contributed by atoms with Gasteiger partial charge in [0.25, 0.3) is 0 Å². The minimum Gasteiger partial charge on any atom is -0.506 e. The molecule has 6 heteroatoms. The fourth-order valence-corrected chi connectivity index (χ4v) is 2.96. The Balaban J connectivity index is 2.03. The van der Waals surface area contributed by atoms with Crippen molar-refractivity contribution < 1.29 is 5.11 Å². The molecule has 2 aromatic rings. The summed E-state index contributed by atoms with van der Waals surface area (Å²) in [5.41, 5.74) is 10.5. The summed E-state index contributed by atoms with van der Waals surface area (Å²) in [5.74, 6) is 0.336. The van der Waals surface area contributed by atoms with E-state index in [1.54, 1.807) is 19.1 Å². The van der Waals surface area contributed by atoms with Gasteiger partial charge in [-0.1, -0.05) is 63.2 Å². The van der Waals surface area contributed by atoms with E-state index in [-0.39, 0.29) is 22.0 Å². The number of aryl methyl sites for hydroxylation is 1. The van der Waals surface area contributed by atoms with Crippen molar-refractivity contribution in [2.24, 2.45) is 15.7 Å². The molecule has 0 aliphatic heterocycles. The molecule has 0 fully saturated rings. The molecule has 0 aliphatic carbocycles. The van der Waals surface area contributed by atoms with Crippen molar-refractivity contribution in [2.75, 3.05) is 7.05 Å². The molecule has 0 heterocycles. The molecule has 0 saturated heterocycles. The van der Waals surface area contributed by atoms with Gasteiger partial charge < -0.3 is 15.7 Å². The van der Waals surface area contributed by atoms with Crippen LogP contribution in [0.15, 0.2) is 58.7 Å². The molecule has 0 aromatic heterocycles. The number of phenolic OH excluding ortho intramolecular Hbond substituents is 1. The molecule has 154 valence electrons. The Morgan fingerprint density at radius 2 is 1.86 bits per heavy atom. The third-order valence-corrected chi connectivity index (χ3v) is 4.93. The summed E-state index contributed by atoms with van der Waals surface area (Å²) in [6, 6.07) is 11.8. The SMILES string of the molecule is C=C(C(N)=NC=Nc1cc(C)c(O)c(Cl)c1)N(C)Cc1ccc(C(C)(C)C)cc1. The third kappa shape index (κ3) is 6.09. The Hall–Kier alpha value is -2.79. The number of likely N-dealkylation sites (N-methyl/N-ethyl adjacent to an activating group) is 1. The first-order valence-corrected chi connectivity index (χ1v) is 9.71. The molecule has 0 unspecified atom stereocenters. The summed E-state index contributed by atoms with van der Waals surface area (Å²) in [6.45, 7) is 13.0. The average molecular weight is 413 g/mol. The molecule has 29 heavy (non-hydrogen) atoms. The monoisotopic (exact) mass is 412 g/mol. The Labute approximate surface area is 178 Å². The molecule has 0 spiro atoms. The van der Waals surface area contributed by atoms with Gasteiger partial charge in [-0.05, 0) is 41.2 Å². The number of hydrogen-bond donors (Lipinski definition) is 2. The van der Waals surface area contributed by atoms with Crippen LogP contribution < -0.4 is 5.73 Å². The number of phenols is 1. The molecule has 0 atom stereocenters. The van der Waals surface area contributed by atoms with E-state index in [2.05, 4.69) is 61.6 Å². The van der Waals surface area contributed by atoms with Crippen LogP contribution in [-0.2, 0) is 12.0 Å². The molecule has 0 radical (unpaired) electrons. The van der Waals surface area contributed by atoms with Crippen LogP contribution in [0.25, 0.3) is 0 Å². The number of nitrogens with two attached hydrogens (primary N) is 1. The van der Waals surface area contributed by atoms with Crippen LogP contribution in [0, 0.1) is 6.92 Å². The van der Waals surface area contributed by atoms with Gasteiger partial charge in [0, 0.05) is 13.6 Å². The number of rotatable bonds is 6. The van der Waals surface area contributed by atoms with Crippen LogP contribution in [0.5, 0.6) is 5.75 Å². The average Bonchev–Trinajstić information content (AvgIpc) is 2.65.